The summed E-state index contributed by atoms with van der Waals surface area (Å²) in [4.78, 5) is 47.3. The summed E-state index contributed by atoms with van der Waals surface area (Å²) in [5, 5.41) is 5.69. The summed E-state index contributed by atoms with van der Waals surface area (Å²) in [7, 11) is 2.94. The van der Waals surface area contributed by atoms with Crippen molar-refractivity contribution in [3.05, 3.63) is 63.6 Å². The van der Waals surface area contributed by atoms with E-state index in [0.29, 0.717) is 5.13 Å². The number of aromatic nitrogens is 5. The van der Waals surface area contributed by atoms with Crippen LogP contribution in [-0.2, 0) is 25.4 Å². The Kier molecular flexibility index (Phi) is 3.78. The van der Waals surface area contributed by atoms with E-state index in [1.807, 2.05) is 18.2 Å². The van der Waals surface area contributed by atoms with Crippen LogP contribution in [0, 0.1) is 0 Å². The molecule has 0 spiro atoms. The lowest BCUT2D eigenvalue weighted by atomic mass is 10.0. The molecule has 0 saturated heterocycles. The highest BCUT2D eigenvalue weighted by Crippen LogP contribution is 2.50. The van der Waals surface area contributed by atoms with Crippen LogP contribution < -0.4 is 16.6 Å². The quantitative estimate of drug-likeness (QED) is 0.451. The Bertz CT molecular complexity index is 1670. The molecule has 0 radical (unpaired) electrons. The van der Waals surface area contributed by atoms with Crippen LogP contribution in [-0.4, -0.2) is 29.6 Å². The molecule has 158 valence electrons. The molecule has 1 amide bonds. The lowest BCUT2D eigenvalue weighted by molar-refractivity contribution is -0.116. The van der Waals surface area contributed by atoms with Gasteiger partial charge in [-0.2, -0.15) is 0 Å². The molecule has 1 aliphatic carbocycles. The number of carbonyl (C=O) groups excluding carboxylic acids is 1. The van der Waals surface area contributed by atoms with Crippen LogP contribution in [0.3, 0.4) is 0 Å². The average Bonchev–Trinajstić information content (AvgIpc) is 3.46. The zero-order chi connectivity index (χ0) is 22.1. The molecule has 0 atom stereocenters. The first-order chi connectivity index (χ1) is 15.4. The predicted molar refractivity (Wildman–Crippen MR) is 123 cm³/mol. The Morgan fingerprint density at radius 3 is 2.59 bits per heavy atom. The molecule has 9 nitrogen and oxygen atoms in total. The first-order valence-electron chi connectivity index (χ1n) is 9.88. The van der Waals surface area contributed by atoms with Crippen LogP contribution in [0.4, 0.5) is 5.13 Å². The number of fused-ring (bicyclic) bond motifs is 4. The van der Waals surface area contributed by atoms with Gasteiger partial charge in [0.25, 0.3) is 5.56 Å². The van der Waals surface area contributed by atoms with Gasteiger partial charge in [0.15, 0.2) is 16.3 Å². The van der Waals surface area contributed by atoms with Crippen LogP contribution >= 0.6 is 11.3 Å². The molecular weight excluding hydrogens is 428 g/mol. The average molecular weight is 444 g/mol. The fraction of sp³-hybridized carbons (Fsp3) is 0.136. The number of hydrogen-bond acceptors (Lipinski definition) is 6. The van der Waals surface area contributed by atoms with Crippen molar-refractivity contribution in [2.45, 2.75) is 6.54 Å². The number of imidazole rings is 1. The fourth-order valence-corrected chi connectivity index (χ4v) is 5.32. The highest BCUT2D eigenvalue weighted by atomic mass is 32.1. The largest absolute Gasteiger partial charge is 0.332 e. The minimum absolute atomic E-state index is 0.125. The molecule has 0 saturated carbocycles. The summed E-state index contributed by atoms with van der Waals surface area (Å²) in [6.07, 6.45) is 1.39. The van der Waals surface area contributed by atoms with Gasteiger partial charge in [-0.1, -0.05) is 47.7 Å². The first kappa shape index (κ1) is 18.7. The van der Waals surface area contributed by atoms with Gasteiger partial charge < -0.3 is 9.88 Å². The number of thiazole rings is 1. The molecule has 1 aliphatic rings. The van der Waals surface area contributed by atoms with E-state index in [4.69, 9.17) is 0 Å². The molecule has 0 aliphatic heterocycles. The van der Waals surface area contributed by atoms with Crippen molar-refractivity contribution in [3.63, 3.8) is 0 Å². The number of aryl methyl sites for hydroxylation is 1. The van der Waals surface area contributed by atoms with Gasteiger partial charge in [-0.15, -0.1) is 0 Å². The molecule has 1 N–H and O–H groups in total. The van der Waals surface area contributed by atoms with Crippen LogP contribution in [0.2, 0.25) is 0 Å². The van der Waals surface area contributed by atoms with Gasteiger partial charge in [0, 0.05) is 25.2 Å². The van der Waals surface area contributed by atoms with E-state index in [0.717, 1.165) is 26.3 Å². The second-order valence-electron chi connectivity index (χ2n) is 7.70. The summed E-state index contributed by atoms with van der Waals surface area (Å²) >= 11 is 1.43. The topological polar surface area (TPSA) is 104 Å². The highest BCUT2D eigenvalue weighted by molar-refractivity contribution is 7.20. The Morgan fingerprint density at radius 2 is 1.81 bits per heavy atom. The maximum absolute atomic E-state index is 12.8. The van der Waals surface area contributed by atoms with E-state index in [1.54, 1.807) is 0 Å². The summed E-state index contributed by atoms with van der Waals surface area (Å²) in [6.45, 7) is -0.125. The molecule has 0 fully saturated rings. The number of rotatable bonds is 3. The third kappa shape index (κ3) is 2.47. The monoisotopic (exact) mass is 444 g/mol. The summed E-state index contributed by atoms with van der Waals surface area (Å²) in [6, 6.07) is 12.3. The fourth-order valence-electron chi connectivity index (χ4n) is 4.30. The predicted octanol–water partition coefficient (Wildman–Crippen LogP) is 2.33. The van der Waals surface area contributed by atoms with E-state index < -0.39 is 11.2 Å². The third-order valence-corrected chi connectivity index (χ3v) is 6.81. The summed E-state index contributed by atoms with van der Waals surface area (Å²) < 4.78 is 3.74. The van der Waals surface area contributed by atoms with Crippen LogP contribution in [0.25, 0.3) is 43.6 Å². The Hall–Kier alpha value is -4.05. The number of nitrogens with zero attached hydrogens (tertiary/aromatic N) is 5. The summed E-state index contributed by atoms with van der Waals surface area (Å²) in [5.74, 6) is -0.334. The van der Waals surface area contributed by atoms with Gasteiger partial charge >= 0.3 is 5.69 Å². The maximum atomic E-state index is 12.8. The number of amides is 1. The van der Waals surface area contributed by atoms with Crippen molar-refractivity contribution in [1.29, 1.82) is 0 Å². The molecule has 5 aromatic rings. The second kappa shape index (κ2) is 6.47. The maximum Gasteiger partial charge on any atom is 0.332 e. The normalized spacial score (nSPS) is 11.9. The number of nitrogens with one attached hydrogen (secondary N) is 1. The zero-order valence-electron chi connectivity index (χ0n) is 17.1. The Morgan fingerprint density at radius 1 is 1.06 bits per heavy atom. The van der Waals surface area contributed by atoms with Crippen molar-refractivity contribution in [2.75, 3.05) is 5.32 Å². The van der Waals surface area contributed by atoms with Crippen molar-refractivity contribution in [2.24, 2.45) is 14.1 Å². The van der Waals surface area contributed by atoms with Crippen LogP contribution in [0.5, 0.6) is 0 Å². The number of hydrogen-bond donors (Lipinski definition) is 1. The SMILES string of the molecule is Cn1c(=O)c2c(ncn2CC(=O)Nc2nc3c(s2)-c2cccc4cccc-3c24)n(C)c1=O. The number of benzene rings is 2. The molecule has 3 aromatic heterocycles. The van der Waals surface area contributed by atoms with Gasteiger partial charge in [-0.3, -0.25) is 18.7 Å². The minimum atomic E-state index is -0.494. The van der Waals surface area contributed by atoms with Crippen molar-refractivity contribution >= 4 is 44.3 Å². The lowest BCUT2D eigenvalue weighted by Gasteiger charge is -2.07. The minimum Gasteiger partial charge on any atom is -0.315 e. The molecule has 6 rings (SSSR count). The van der Waals surface area contributed by atoms with Gasteiger partial charge in [0.2, 0.25) is 5.91 Å². The standard InChI is InChI=1S/C22H16N6O3S/c1-26-19-17(20(30)27(2)22(26)31)28(10-23-19)9-14(29)24-21-25-16-12-7-3-5-11-6-4-8-13(15(11)12)18(16)32-21/h3-8,10H,9H2,1-2H3,(H,24,25,29). The van der Waals surface area contributed by atoms with Crippen molar-refractivity contribution in [3.8, 4) is 21.7 Å². The molecule has 32 heavy (non-hydrogen) atoms. The van der Waals surface area contributed by atoms with Gasteiger partial charge in [-0.05, 0) is 10.8 Å². The van der Waals surface area contributed by atoms with Crippen LogP contribution in [0.15, 0.2) is 52.3 Å². The van der Waals surface area contributed by atoms with E-state index in [1.165, 1.54) is 51.7 Å². The molecular formula is C22H16N6O3S. The third-order valence-electron chi connectivity index (χ3n) is 5.81. The first-order valence-corrected chi connectivity index (χ1v) is 10.7. The van der Waals surface area contributed by atoms with E-state index in [2.05, 4.69) is 33.5 Å². The Balaban J connectivity index is 1.32. The Labute approximate surface area is 184 Å². The van der Waals surface area contributed by atoms with Gasteiger partial charge in [-0.25, -0.2) is 14.8 Å². The van der Waals surface area contributed by atoms with Crippen molar-refractivity contribution in [1.82, 2.24) is 23.7 Å². The molecule has 3 heterocycles. The number of carbonyl (C=O) groups is 1. The van der Waals surface area contributed by atoms with E-state index in [-0.39, 0.29) is 23.6 Å². The van der Waals surface area contributed by atoms with Gasteiger partial charge in [0.05, 0.1) is 16.9 Å². The van der Waals surface area contributed by atoms with Gasteiger partial charge in [0.1, 0.15) is 6.54 Å². The molecule has 10 heteroatoms. The smallest absolute Gasteiger partial charge is 0.315 e. The zero-order valence-corrected chi connectivity index (χ0v) is 17.9. The lowest BCUT2D eigenvalue weighted by Crippen LogP contribution is -2.37. The molecule has 2 aromatic carbocycles. The molecule has 0 unspecified atom stereocenters. The highest BCUT2D eigenvalue weighted by Gasteiger charge is 2.26. The molecule has 0 bridgehead atoms. The van der Waals surface area contributed by atoms with E-state index in [9.17, 15) is 14.4 Å². The van der Waals surface area contributed by atoms with Crippen LogP contribution in [0.1, 0.15) is 0 Å². The second-order valence-corrected chi connectivity index (χ2v) is 8.70. The summed E-state index contributed by atoms with van der Waals surface area (Å²) in [5.41, 5.74) is 2.53. The number of anilines is 1. The van der Waals surface area contributed by atoms with E-state index >= 15 is 0 Å². The van der Waals surface area contributed by atoms with Crippen molar-refractivity contribution < 1.29 is 4.79 Å².